The number of hydrogen-bond donors (Lipinski definition) is 2. The zero-order valence-corrected chi connectivity index (χ0v) is 14.0. The maximum Gasteiger partial charge on any atom is 0.269 e. The van der Waals surface area contributed by atoms with Gasteiger partial charge in [0.1, 0.15) is 5.69 Å². The first-order valence-corrected chi connectivity index (χ1v) is 8.49. The molecule has 2 N–H and O–H groups in total. The lowest BCUT2D eigenvalue weighted by atomic mass is 10.0. The van der Waals surface area contributed by atoms with E-state index >= 15 is 0 Å². The number of hydrogen-bond acceptors (Lipinski definition) is 6. The summed E-state index contributed by atoms with van der Waals surface area (Å²) in [5, 5.41) is 4.20. The van der Waals surface area contributed by atoms with Gasteiger partial charge in [0.15, 0.2) is 0 Å². The normalized spacial score (nSPS) is 21.0. The molecule has 8 heteroatoms. The Labute approximate surface area is 141 Å². The van der Waals surface area contributed by atoms with Crippen molar-refractivity contribution in [2.45, 2.75) is 25.3 Å². The lowest BCUT2D eigenvalue weighted by molar-refractivity contribution is -0.0375. The minimum atomic E-state index is -0.170. The van der Waals surface area contributed by atoms with E-state index in [1.165, 1.54) is 0 Å². The Morgan fingerprint density at radius 1 is 1.25 bits per heavy atom. The Hall–Kier alpha value is -1.77. The van der Waals surface area contributed by atoms with Crippen LogP contribution in [-0.2, 0) is 0 Å². The summed E-state index contributed by atoms with van der Waals surface area (Å²) in [5.74, 6) is -0.170. The van der Waals surface area contributed by atoms with Gasteiger partial charge in [-0.05, 0) is 31.4 Å². The van der Waals surface area contributed by atoms with Crippen LogP contribution in [0.3, 0.4) is 0 Å². The van der Waals surface area contributed by atoms with E-state index in [0.29, 0.717) is 18.4 Å². The van der Waals surface area contributed by atoms with Gasteiger partial charge in [-0.1, -0.05) is 5.65 Å². The van der Waals surface area contributed by atoms with Crippen LogP contribution in [-0.4, -0.2) is 66.7 Å². The van der Waals surface area contributed by atoms with Crippen LogP contribution in [0.2, 0.25) is 0 Å². The fourth-order valence-electron chi connectivity index (χ4n) is 3.52. The van der Waals surface area contributed by atoms with Gasteiger partial charge in [-0.3, -0.25) is 9.69 Å². The summed E-state index contributed by atoms with van der Waals surface area (Å²) >= 11 is 0. The van der Waals surface area contributed by atoms with E-state index in [1.54, 1.807) is 30.0 Å². The number of piperidine rings is 1. The second-order valence-electron chi connectivity index (χ2n) is 6.35. The number of halogens is 1. The topological polar surface area (TPSA) is 63.7 Å². The Bertz CT molecular complexity index is 546. The summed E-state index contributed by atoms with van der Waals surface area (Å²) in [6.07, 6.45) is 4.86. The van der Waals surface area contributed by atoms with Gasteiger partial charge >= 0.3 is 0 Å². The van der Waals surface area contributed by atoms with Gasteiger partial charge in [-0.15, -0.1) is 4.48 Å². The first-order valence-electron chi connectivity index (χ1n) is 8.49. The smallest absolute Gasteiger partial charge is 0.269 e. The van der Waals surface area contributed by atoms with Gasteiger partial charge in [-0.2, -0.15) is 0 Å². The molecule has 3 rings (SSSR count). The molecule has 0 atom stereocenters. The van der Waals surface area contributed by atoms with Crippen molar-refractivity contribution in [2.24, 2.45) is 0 Å². The summed E-state index contributed by atoms with van der Waals surface area (Å²) in [4.78, 5) is 20.4. The van der Waals surface area contributed by atoms with Gasteiger partial charge in [0.25, 0.3) is 5.91 Å². The summed E-state index contributed by atoms with van der Waals surface area (Å²) < 4.78 is 12.6. The molecule has 24 heavy (non-hydrogen) atoms. The van der Waals surface area contributed by atoms with Crippen LogP contribution < -0.4 is 15.9 Å². The van der Waals surface area contributed by atoms with Crippen molar-refractivity contribution in [2.75, 3.05) is 44.8 Å². The van der Waals surface area contributed by atoms with E-state index in [2.05, 4.69) is 20.1 Å². The Balaban J connectivity index is 1.54. The summed E-state index contributed by atoms with van der Waals surface area (Å²) in [7, 11) is 1.60. The molecule has 3 heterocycles. The van der Waals surface area contributed by atoms with Crippen molar-refractivity contribution in [3.63, 3.8) is 0 Å². The lowest BCUT2D eigenvalue weighted by Gasteiger charge is -2.43. The number of carbonyl (C=O) groups excluding carboxylic acids is 1. The molecule has 0 aliphatic carbocycles. The van der Waals surface area contributed by atoms with Gasteiger partial charge in [0.05, 0.1) is 18.6 Å². The van der Waals surface area contributed by atoms with Gasteiger partial charge in [-0.25, -0.2) is 9.99 Å². The molecule has 0 bridgehead atoms. The number of amides is 1. The molecule has 7 nitrogen and oxygen atoms in total. The quantitative estimate of drug-likeness (QED) is 0.792. The van der Waals surface area contributed by atoms with E-state index in [4.69, 9.17) is 0 Å². The van der Waals surface area contributed by atoms with Crippen molar-refractivity contribution >= 4 is 11.6 Å². The highest BCUT2D eigenvalue weighted by atomic mass is 19.2. The molecule has 2 fully saturated rings. The molecule has 0 unspecified atom stereocenters. The molecule has 0 saturated carbocycles. The fourth-order valence-corrected chi connectivity index (χ4v) is 3.52. The van der Waals surface area contributed by atoms with Gasteiger partial charge < -0.3 is 10.2 Å². The van der Waals surface area contributed by atoms with Gasteiger partial charge in [0, 0.05) is 39.3 Å². The van der Waals surface area contributed by atoms with E-state index < -0.39 is 0 Å². The number of pyridine rings is 1. The number of aromatic nitrogens is 1. The molecule has 0 spiro atoms. The Morgan fingerprint density at radius 3 is 2.67 bits per heavy atom. The van der Waals surface area contributed by atoms with Crippen LogP contribution in [0.15, 0.2) is 18.3 Å². The third-order valence-electron chi connectivity index (χ3n) is 4.90. The SMILES string of the molecule is CNC(=O)c1ccc(N2CCC(N3CCCN(NF)C3)CC2)cn1. The number of hydrazine groups is 1. The van der Waals surface area contributed by atoms with E-state index in [1.807, 2.05) is 6.07 Å². The maximum absolute atomic E-state index is 12.6. The number of nitrogens with one attached hydrogen (secondary N) is 2. The molecular formula is C16H25FN6O. The number of anilines is 1. The van der Waals surface area contributed by atoms with Crippen LogP contribution >= 0.6 is 0 Å². The lowest BCUT2D eigenvalue weighted by Crippen LogP contribution is -2.54. The molecule has 2 aliphatic heterocycles. The number of rotatable bonds is 4. The standard InChI is InChI=1S/C16H25FN6O/c1-18-16(24)15-4-3-14(11-19-15)21-9-5-13(6-10-21)22-7-2-8-23(12-22)20-17/h3-4,11,13,20H,2,5-10,12H2,1H3,(H,18,24). The van der Waals surface area contributed by atoms with Crippen LogP contribution in [0.4, 0.5) is 10.2 Å². The Kier molecular flexibility index (Phi) is 5.60. The fraction of sp³-hybridized carbons (Fsp3) is 0.625. The molecule has 2 aliphatic rings. The van der Waals surface area contributed by atoms with Crippen molar-refractivity contribution < 1.29 is 9.28 Å². The van der Waals surface area contributed by atoms with Crippen LogP contribution in [0.25, 0.3) is 0 Å². The number of carbonyl (C=O) groups is 1. The highest BCUT2D eigenvalue weighted by molar-refractivity contribution is 5.92. The zero-order valence-electron chi connectivity index (χ0n) is 14.0. The summed E-state index contributed by atoms with van der Waals surface area (Å²) in [6, 6.07) is 4.21. The molecule has 1 amide bonds. The second-order valence-corrected chi connectivity index (χ2v) is 6.35. The van der Waals surface area contributed by atoms with Crippen LogP contribution in [0, 0.1) is 0 Å². The summed E-state index contributed by atoms with van der Waals surface area (Å²) in [6.45, 7) is 4.33. The van der Waals surface area contributed by atoms with Crippen molar-refractivity contribution in [3.8, 4) is 0 Å². The average molecular weight is 336 g/mol. The zero-order chi connectivity index (χ0) is 16.9. The molecule has 0 aromatic carbocycles. The molecule has 0 radical (unpaired) electrons. The predicted molar refractivity (Wildman–Crippen MR) is 90.0 cm³/mol. The van der Waals surface area contributed by atoms with Crippen LogP contribution in [0.5, 0.6) is 0 Å². The van der Waals surface area contributed by atoms with E-state index in [9.17, 15) is 9.28 Å². The maximum atomic E-state index is 12.6. The highest BCUT2D eigenvalue weighted by Crippen LogP contribution is 2.23. The third kappa shape index (κ3) is 3.82. The predicted octanol–water partition coefficient (Wildman–Crippen LogP) is 0.764. The van der Waals surface area contributed by atoms with E-state index in [0.717, 1.165) is 51.1 Å². The monoisotopic (exact) mass is 336 g/mol. The first-order chi connectivity index (χ1) is 11.7. The molecule has 1 aromatic heterocycles. The largest absolute Gasteiger partial charge is 0.370 e. The summed E-state index contributed by atoms with van der Waals surface area (Å²) in [5.41, 5.74) is 3.25. The second kappa shape index (κ2) is 7.87. The van der Waals surface area contributed by atoms with Crippen molar-refractivity contribution in [1.29, 1.82) is 0 Å². The average Bonchev–Trinajstić information content (AvgIpc) is 2.67. The third-order valence-corrected chi connectivity index (χ3v) is 4.90. The number of nitrogens with zero attached hydrogens (tertiary/aromatic N) is 4. The molecule has 1 aromatic rings. The van der Waals surface area contributed by atoms with Crippen LogP contribution in [0.1, 0.15) is 29.8 Å². The van der Waals surface area contributed by atoms with Crippen molar-refractivity contribution in [1.82, 2.24) is 25.9 Å². The molecule has 132 valence electrons. The van der Waals surface area contributed by atoms with E-state index in [-0.39, 0.29) is 5.91 Å². The molecule has 2 saturated heterocycles. The minimum absolute atomic E-state index is 0.170. The highest BCUT2D eigenvalue weighted by Gasteiger charge is 2.28. The van der Waals surface area contributed by atoms with Crippen molar-refractivity contribution in [3.05, 3.63) is 24.0 Å². The van der Waals surface area contributed by atoms with Gasteiger partial charge in [0.2, 0.25) is 0 Å². The first kappa shape index (κ1) is 17.1. The Morgan fingerprint density at radius 2 is 2.04 bits per heavy atom. The molecular weight excluding hydrogens is 311 g/mol. The minimum Gasteiger partial charge on any atom is -0.370 e.